The highest BCUT2D eigenvalue weighted by atomic mass is 16.5. The van der Waals surface area contributed by atoms with Crippen molar-refractivity contribution in [3.8, 4) is 0 Å². The topological polar surface area (TPSA) is 46.6 Å². The standard InChI is InChI=1S/C12H17NO3/c1-6(2)5-13-11(14)9-7-3-4-8(16-7)10(9)12(13)15/h6-10H,3-5H2,1-2H3/t7-,8-,9-,10-/m0/s1. The maximum Gasteiger partial charge on any atom is 0.235 e. The van der Waals surface area contributed by atoms with E-state index < -0.39 is 0 Å². The molecule has 3 rings (SSSR count). The number of rotatable bonds is 2. The Hall–Kier alpha value is -0.900. The van der Waals surface area contributed by atoms with Crippen molar-refractivity contribution in [3.63, 3.8) is 0 Å². The molecule has 0 N–H and O–H groups in total. The van der Waals surface area contributed by atoms with Gasteiger partial charge in [-0.2, -0.15) is 0 Å². The van der Waals surface area contributed by atoms with Crippen LogP contribution in [-0.4, -0.2) is 35.5 Å². The molecular formula is C12H17NO3. The van der Waals surface area contributed by atoms with E-state index in [4.69, 9.17) is 4.74 Å². The summed E-state index contributed by atoms with van der Waals surface area (Å²) in [5.74, 6) is 0.0343. The minimum atomic E-state index is -0.162. The average molecular weight is 223 g/mol. The van der Waals surface area contributed by atoms with E-state index in [1.54, 1.807) is 0 Å². The van der Waals surface area contributed by atoms with Gasteiger partial charge in [0.25, 0.3) is 0 Å². The molecule has 4 heteroatoms. The fourth-order valence-electron chi connectivity index (χ4n) is 3.32. The first-order valence-corrected chi connectivity index (χ1v) is 6.10. The largest absolute Gasteiger partial charge is 0.373 e. The summed E-state index contributed by atoms with van der Waals surface area (Å²) in [5.41, 5.74) is 0. The number of hydrogen-bond donors (Lipinski definition) is 0. The van der Waals surface area contributed by atoms with Crippen molar-refractivity contribution in [1.29, 1.82) is 0 Å². The third-order valence-corrected chi connectivity index (χ3v) is 3.92. The molecule has 0 aromatic carbocycles. The molecule has 3 aliphatic heterocycles. The number of nitrogens with zero attached hydrogens (tertiary/aromatic N) is 1. The molecule has 0 saturated carbocycles. The van der Waals surface area contributed by atoms with Gasteiger partial charge in [-0.3, -0.25) is 14.5 Å². The van der Waals surface area contributed by atoms with Gasteiger partial charge in [0.15, 0.2) is 0 Å². The number of imide groups is 1. The van der Waals surface area contributed by atoms with Crippen LogP contribution in [0.3, 0.4) is 0 Å². The third-order valence-electron chi connectivity index (χ3n) is 3.92. The van der Waals surface area contributed by atoms with Crippen LogP contribution in [0.2, 0.25) is 0 Å². The van der Waals surface area contributed by atoms with E-state index in [2.05, 4.69) is 0 Å². The first-order valence-electron chi connectivity index (χ1n) is 6.10. The van der Waals surface area contributed by atoms with E-state index in [9.17, 15) is 9.59 Å². The number of likely N-dealkylation sites (tertiary alicyclic amines) is 1. The molecular weight excluding hydrogens is 206 g/mol. The van der Waals surface area contributed by atoms with Gasteiger partial charge in [0, 0.05) is 6.54 Å². The molecule has 3 heterocycles. The van der Waals surface area contributed by atoms with Crippen LogP contribution in [0.25, 0.3) is 0 Å². The molecule has 3 aliphatic rings. The zero-order valence-electron chi connectivity index (χ0n) is 9.68. The first-order chi connectivity index (χ1) is 7.59. The third kappa shape index (κ3) is 1.19. The SMILES string of the molecule is CC(C)CN1C(=O)[C@@H]2[C@@H](C1=O)[C@@H]1CC[C@@H]2O1. The van der Waals surface area contributed by atoms with E-state index >= 15 is 0 Å². The van der Waals surface area contributed by atoms with E-state index in [0.29, 0.717) is 12.5 Å². The van der Waals surface area contributed by atoms with Crippen molar-refractivity contribution >= 4 is 11.8 Å². The molecule has 0 aromatic heterocycles. The number of fused-ring (bicyclic) bond motifs is 5. The summed E-state index contributed by atoms with van der Waals surface area (Å²) in [6.45, 7) is 4.61. The summed E-state index contributed by atoms with van der Waals surface area (Å²) >= 11 is 0. The Labute approximate surface area is 94.9 Å². The molecule has 4 nitrogen and oxygen atoms in total. The van der Waals surface area contributed by atoms with Gasteiger partial charge in [0.1, 0.15) is 0 Å². The molecule has 0 spiro atoms. The lowest BCUT2D eigenvalue weighted by molar-refractivity contribution is -0.143. The maximum absolute atomic E-state index is 12.1. The Morgan fingerprint density at radius 3 is 2.12 bits per heavy atom. The van der Waals surface area contributed by atoms with E-state index in [1.165, 1.54) is 4.90 Å². The Balaban J connectivity index is 1.86. The van der Waals surface area contributed by atoms with Gasteiger partial charge in [-0.15, -0.1) is 0 Å². The molecule has 2 amide bonds. The quantitative estimate of drug-likeness (QED) is 0.651. The number of hydrogen-bond acceptors (Lipinski definition) is 3. The second kappa shape index (κ2) is 3.29. The fraction of sp³-hybridized carbons (Fsp3) is 0.833. The molecule has 88 valence electrons. The van der Waals surface area contributed by atoms with Crippen LogP contribution in [0.5, 0.6) is 0 Å². The Morgan fingerprint density at radius 1 is 1.19 bits per heavy atom. The monoisotopic (exact) mass is 223 g/mol. The highest BCUT2D eigenvalue weighted by Crippen LogP contribution is 2.48. The van der Waals surface area contributed by atoms with E-state index in [0.717, 1.165) is 12.8 Å². The van der Waals surface area contributed by atoms with Gasteiger partial charge in [0.2, 0.25) is 11.8 Å². The molecule has 0 unspecified atom stereocenters. The lowest BCUT2D eigenvalue weighted by Gasteiger charge is -2.19. The molecule has 3 saturated heterocycles. The van der Waals surface area contributed by atoms with Gasteiger partial charge in [-0.1, -0.05) is 13.8 Å². The summed E-state index contributed by atoms with van der Waals surface area (Å²) in [7, 11) is 0. The number of carbonyl (C=O) groups is 2. The van der Waals surface area contributed by atoms with Crippen LogP contribution in [0, 0.1) is 17.8 Å². The minimum absolute atomic E-state index is 0.0101. The van der Waals surface area contributed by atoms with Gasteiger partial charge in [0.05, 0.1) is 24.0 Å². The minimum Gasteiger partial charge on any atom is -0.373 e. The van der Waals surface area contributed by atoms with Crippen LogP contribution in [0.4, 0.5) is 0 Å². The van der Waals surface area contributed by atoms with Crippen molar-refractivity contribution in [2.75, 3.05) is 6.54 Å². The van der Waals surface area contributed by atoms with E-state index in [1.807, 2.05) is 13.8 Å². The van der Waals surface area contributed by atoms with Crippen molar-refractivity contribution < 1.29 is 14.3 Å². The Morgan fingerprint density at radius 2 is 1.69 bits per heavy atom. The summed E-state index contributed by atoms with van der Waals surface area (Å²) < 4.78 is 5.67. The highest BCUT2D eigenvalue weighted by Gasteiger charge is 2.62. The second-order valence-corrected chi connectivity index (χ2v) is 5.52. The molecule has 0 aromatic rings. The summed E-state index contributed by atoms with van der Waals surface area (Å²) in [6, 6.07) is 0. The predicted molar refractivity (Wildman–Crippen MR) is 56.4 cm³/mol. The molecule has 3 fully saturated rings. The molecule has 0 aliphatic carbocycles. The fourth-order valence-corrected chi connectivity index (χ4v) is 3.32. The summed E-state index contributed by atoms with van der Waals surface area (Å²) in [5, 5.41) is 0. The Kier molecular flexibility index (Phi) is 2.11. The molecule has 4 atom stereocenters. The zero-order valence-corrected chi connectivity index (χ0v) is 9.68. The lowest BCUT2D eigenvalue weighted by Crippen LogP contribution is -2.36. The lowest BCUT2D eigenvalue weighted by atomic mass is 9.81. The van der Waals surface area contributed by atoms with Crippen LogP contribution in [0.15, 0.2) is 0 Å². The van der Waals surface area contributed by atoms with Crippen LogP contribution >= 0.6 is 0 Å². The number of carbonyl (C=O) groups excluding carboxylic acids is 2. The first kappa shape index (κ1) is 10.3. The van der Waals surface area contributed by atoms with Gasteiger partial charge in [-0.25, -0.2) is 0 Å². The normalized spacial score (nSPS) is 41.3. The second-order valence-electron chi connectivity index (χ2n) is 5.52. The van der Waals surface area contributed by atoms with Crippen molar-refractivity contribution in [1.82, 2.24) is 4.90 Å². The van der Waals surface area contributed by atoms with Gasteiger partial charge >= 0.3 is 0 Å². The van der Waals surface area contributed by atoms with Gasteiger partial charge in [-0.05, 0) is 18.8 Å². The summed E-state index contributed by atoms with van der Waals surface area (Å²) in [4.78, 5) is 25.8. The van der Waals surface area contributed by atoms with Crippen LogP contribution < -0.4 is 0 Å². The molecule has 2 bridgehead atoms. The predicted octanol–water partition coefficient (Wildman–Crippen LogP) is 0.805. The van der Waals surface area contributed by atoms with Crippen LogP contribution in [-0.2, 0) is 14.3 Å². The number of ether oxygens (including phenoxy) is 1. The van der Waals surface area contributed by atoms with Gasteiger partial charge < -0.3 is 4.74 Å². The van der Waals surface area contributed by atoms with Crippen molar-refractivity contribution in [2.24, 2.45) is 17.8 Å². The molecule has 16 heavy (non-hydrogen) atoms. The maximum atomic E-state index is 12.1. The number of amides is 2. The van der Waals surface area contributed by atoms with Crippen LogP contribution in [0.1, 0.15) is 26.7 Å². The van der Waals surface area contributed by atoms with Crippen molar-refractivity contribution in [3.05, 3.63) is 0 Å². The molecule has 0 radical (unpaired) electrons. The average Bonchev–Trinajstić information content (AvgIpc) is 2.87. The highest BCUT2D eigenvalue weighted by molar-refractivity contribution is 6.06. The zero-order chi connectivity index (χ0) is 11.4. The summed E-state index contributed by atoms with van der Waals surface area (Å²) in [6.07, 6.45) is 1.92. The smallest absolute Gasteiger partial charge is 0.235 e. The van der Waals surface area contributed by atoms with Crippen molar-refractivity contribution in [2.45, 2.75) is 38.9 Å². The Bertz CT molecular complexity index is 324. The van der Waals surface area contributed by atoms with E-state index in [-0.39, 0.29) is 35.9 Å².